The van der Waals surface area contributed by atoms with Crippen molar-refractivity contribution in [1.29, 1.82) is 0 Å². The minimum atomic E-state index is -3.24. The molecule has 1 aliphatic heterocycles. The smallest absolute Gasteiger partial charge is 0.407 e. The third-order valence-corrected chi connectivity index (χ3v) is 2.83. The molecule has 1 fully saturated rings. The summed E-state index contributed by atoms with van der Waals surface area (Å²) in [5, 5.41) is 8.70. The Bertz CT molecular complexity index is 314. The monoisotopic (exact) mass is 222 g/mol. The number of hydrogen-bond acceptors (Lipinski definition) is 3. The van der Waals surface area contributed by atoms with Gasteiger partial charge in [-0.3, -0.25) is 0 Å². The summed E-state index contributed by atoms with van der Waals surface area (Å²) < 4.78 is 24.2. The first-order valence-electron chi connectivity index (χ1n) is 4.33. The highest BCUT2D eigenvalue weighted by atomic mass is 32.2. The van der Waals surface area contributed by atoms with Crippen molar-refractivity contribution < 1.29 is 18.3 Å². The van der Waals surface area contributed by atoms with Gasteiger partial charge in [-0.1, -0.05) is 0 Å². The molecule has 0 radical (unpaired) electrons. The van der Waals surface area contributed by atoms with Crippen LogP contribution in [0.4, 0.5) is 4.79 Å². The fourth-order valence-electron chi connectivity index (χ4n) is 1.55. The summed E-state index contributed by atoms with van der Waals surface area (Å²) in [6, 6.07) is -0.283. The zero-order chi connectivity index (χ0) is 10.8. The molecule has 0 bridgehead atoms. The van der Waals surface area contributed by atoms with E-state index in [9.17, 15) is 13.2 Å². The molecule has 0 spiro atoms. The fourth-order valence-corrected chi connectivity index (χ4v) is 2.35. The van der Waals surface area contributed by atoms with Crippen LogP contribution in [0.5, 0.6) is 0 Å². The van der Waals surface area contributed by atoms with Crippen LogP contribution in [-0.4, -0.2) is 49.9 Å². The van der Waals surface area contributed by atoms with E-state index in [2.05, 4.69) is 4.72 Å². The Morgan fingerprint density at radius 3 is 2.71 bits per heavy atom. The van der Waals surface area contributed by atoms with E-state index in [1.165, 1.54) is 4.90 Å². The van der Waals surface area contributed by atoms with Gasteiger partial charge in [-0.15, -0.1) is 0 Å². The Hall–Kier alpha value is -0.820. The van der Waals surface area contributed by atoms with Gasteiger partial charge in [0.15, 0.2) is 0 Å². The highest BCUT2D eigenvalue weighted by Gasteiger charge is 2.24. The van der Waals surface area contributed by atoms with Crippen LogP contribution in [0.3, 0.4) is 0 Å². The summed E-state index contributed by atoms with van der Waals surface area (Å²) >= 11 is 0. The van der Waals surface area contributed by atoms with Crippen molar-refractivity contribution in [3.63, 3.8) is 0 Å². The fraction of sp³-hybridized carbons (Fsp3) is 0.857. The molecule has 1 rings (SSSR count). The number of rotatable bonds is 2. The second-order valence-electron chi connectivity index (χ2n) is 3.46. The molecule has 82 valence electrons. The summed E-state index contributed by atoms with van der Waals surface area (Å²) in [4.78, 5) is 11.8. The number of amides is 1. The van der Waals surface area contributed by atoms with Crippen LogP contribution in [0, 0.1) is 0 Å². The lowest BCUT2D eigenvalue weighted by Gasteiger charge is -2.30. The molecule has 0 saturated carbocycles. The summed E-state index contributed by atoms with van der Waals surface area (Å²) in [6.45, 7) is 0.722. The minimum absolute atomic E-state index is 0.238. The van der Waals surface area contributed by atoms with E-state index in [0.717, 1.165) is 6.26 Å². The summed E-state index contributed by atoms with van der Waals surface area (Å²) in [7, 11) is -3.24. The van der Waals surface area contributed by atoms with Crippen LogP contribution < -0.4 is 4.72 Å². The second-order valence-corrected chi connectivity index (χ2v) is 5.24. The number of hydrogen-bond donors (Lipinski definition) is 2. The van der Waals surface area contributed by atoms with Gasteiger partial charge >= 0.3 is 6.09 Å². The third-order valence-electron chi connectivity index (χ3n) is 2.07. The van der Waals surface area contributed by atoms with E-state index in [1.54, 1.807) is 0 Å². The molecular weight excluding hydrogens is 208 g/mol. The molecule has 0 aromatic carbocycles. The van der Waals surface area contributed by atoms with E-state index in [4.69, 9.17) is 5.11 Å². The van der Waals surface area contributed by atoms with Gasteiger partial charge in [0.2, 0.25) is 10.0 Å². The van der Waals surface area contributed by atoms with Crippen LogP contribution >= 0.6 is 0 Å². The highest BCUT2D eigenvalue weighted by Crippen LogP contribution is 2.10. The molecule has 1 heterocycles. The van der Waals surface area contributed by atoms with Gasteiger partial charge in [0.1, 0.15) is 0 Å². The summed E-state index contributed by atoms with van der Waals surface area (Å²) in [5.74, 6) is 0. The van der Waals surface area contributed by atoms with Crippen molar-refractivity contribution in [2.75, 3.05) is 19.3 Å². The average molecular weight is 222 g/mol. The van der Waals surface area contributed by atoms with Gasteiger partial charge in [-0.25, -0.2) is 17.9 Å². The topological polar surface area (TPSA) is 86.7 Å². The van der Waals surface area contributed by atoms with Crippen LogP contribution in [0.25, 0.3) is 0 Å². The molecule has 14 heavy (non-hydrogen) atoms. The van der Waals surface area contributed by atoms with Crippen molar-refractivity contribution in [2.45, 2.75) is 18.9 Å². The predicted octanol–water partition coefficient (Wildman–Crippen LogP) is -0.322. The molecule has 1 amide bonds. The van der Waals surface area contributed by atoms with Crippen molar-refractivity contribution in [2.24, 2.45) is 0 Å². The second kappa shape index (κ2) is 4.14. The summed E-state index contributed by atoms with van der Waals surface area (Å²) in [6.07, 6.45) is 1.47. The van der Waals surface area contributed by atoms with Crippen molar-refractivity contribution >= 4 is 16.1 Å². The van der Waals surface area contributed by atoms with Crippen LogP contribution in [0.2, 0.25) is 0 Å². The molecule has 2 N–H and O–H groups in total. The van der Waals surface area contributed by atoms with Crippen molar-refractivity contribution in [3.8, 4) is 0 Å². The molecule has 0 unspecified atom stereocenters. The first kappa shape index (κ1) is 11.3. The normalized spacial score (nSPS) is 23.5. The summed E-state index contributed by atoms with van der Waals surface area (Å²) in [5.41, 5.74) is 0. The number of sulfonamides is 1. The van der Waals surface area contributed by atoms with E-state index in [1.807, 2.05) is 0 Å². The number of likely N-dealkylation sites (tertiary alicyclic amines) is 1. The SMILES string of the molecule is CS(=O)(=O)N[C@H]1CCCN(C(=O)O)C1. The number of carboxylic acid groups (broad SMARTS) is 1. The maximum atomic E-state index is 10.9. The van der Waals surface area contributed by atoms with Gasteiger partial charge in [0, 0.05) is 19.1 Å². The largest absolute Gasteiger partial charge is 0.465 e. The zero-order valence-corrected chi connectivity index (χ0v) is 8.75. The molecule has 0 aromatic rings. The molecule has 7 heteroatoms. The number of nitrogens with zero attached hydrogens (tertiary/aromatic N) is 1. The molecule has 0 aromatic heterocycles. The van der Waals surface area contributed by atoms with Gasteiger partial charge in [0.25, 0.3) is 0 Å². The Labute approximate surface area is 82.9 Å². The van der Waals surface area contributed by atoms with Crippen LogP contribution in [-0.2, 0) is 10.0 Å². The maximum absolute atomic E-state index is 10.9. The Kier molecular flexibility index (Phi) is 3.33. The van der Waals surface area contributed by atoms with Crippen molar-refractivity contribution in [3.05, 3.63) is 0 Å². The zero-order valence-electron chi connectivity index (χ0n) is 7.93. The Morgan fingerprint density at radius 2 is 2.21 bits per heavy atom. The molecular formula is C7H14N2O4S. The maximum Gasteiger partial charge on any atom is 0.407 e. The first-order chi connectivity index (χ1) is 6.38. The lowest BCUT2D eigenvalue weighted by molar-refractivity contribution is 0.129. The van der Waals surface area contributed by atoms with Gasteiger partial charge < -0.3 is 10.0 Å². The lowest BCUT2D eigenvalue weighted by Crippen LogP contribution is -2.48. The molecule has 1 atom stereocenters. The minimum Gasteiger partial charge on any atom is -0.465 e. The lowest BCUT2D eigenvalue weighted by atomic mass is 10.1. The molecule has 6 nitrogen and oxygen atoms in total. The molecule has 1 aliphatic rings. The van der Waals surface area contributed by atoms with Crippen molar-refractivity contribution in [1.82, 2.24) is 9.62 Å². The average Bonchev–Trinajstić information content (AvgIpc) is 2.01. The van der Waals surface area contributed by atoms with E-state index < -0.39 is 16.1 Å². The number of piperidine rings is 1. The predicted molar refractivity (Wildman–Crippen MR) is 50.6 cm³/mol. The van der Waals surface area contributed by atoms with Crippen LogP contribution in [0.15, 0.2) is 0 Å². The number of nitrogens with one attached hydrogen (secondary N) is 1. The third kappa shape index (κ3) is 3.51. The first-order valence-corrected chi connectivity index (χ1v) is 6.23. The van der Waals surface area contributed by atoms with E-state index in [0.29, 0.717) is 19.4 Å². The standard InChI is InChI=1S/C7H14N2O4S/c1-14(12,13)8-6-3-2-4-9(5-6)7(10)11/h6,8H,2-5H2,1H3,(H,10,11)/t6-/m0/s1. The van der Waals surface area contributed by atoms with E-state index >= 15 is 0 Å². The quantitative estimate of drug-likeness (QED) is 0.670. The molecule has 1 saturated heterocycles. The molecule has 0 aliphatic carbocycles. The Morgan fingerprint density at radius 1 is 1.57 bits per heavy atom. The number of carbonyl (C=O) groups is 1. The van der Waals surface area contributed by atoms with Gasteiger partial charge in [-0.2, -0.15) is 0 Å². The van der Waals surface area contributed by atoms with Gasteiger partial charge in [-0.05, 0) is 12.8 Å². The van der Waals surface area contributed by atoms with Crippen LogP contribution in [0.1, 0.15) is 12.8 Å². The van der Waals surface area contributed by atoms with Gasteiger partial charge in [0.05, 0.1) is 6.26 Å². The van der Waals surface area contributed by atoms with E-state index in [-0.39, 0.29) is 12.6 Å². The highest BCUT2D eigenvalue weighted by molar-refractivity contribution is 7.88. The Balaban J connectivity index is 2.52.